The van der Waals surface area contributed by atoms with Crippen molar-refractivity contribution in [2.45, 2.75) is 5.88 Å². The normalized spacial score (nSPS) is 10.6. The molecule has 1 heterocycles. The number of halogens is 3. The van der Waals surface area contributed by atoms with Gasteiger partial charge in [0.05, 0.1) is 10.9 Å². The Morgan fingerprint density at radius 2 is 2.13 bits per heavy atom. The summed E-state index contributed by atoms with van der Waals surface area (Å²) in [5, 5.41) is 10.2. The first kappa shape index (κ1) is 11.3. The number of rotatable bonds is 2. The summed E-state index contributed by atoms with van der Waals surface area (Å²) in [4.78, 5) is 0. The zero-order valence-electron chi connectivity index (χ0n) is 7.38. The summed E-state index contributed by atoms with van der Waals surface area (Å²) in [6.07, 6.45) is 0. The van der Waals surface area contributed by atoms with Crippen molar-refractivity contribution < 1.29 is 0 Å². The maximum atomic E-state index is 6.09. The lowest BCUT2D eigenvalue weighted by atomic mass is 10.2. The Labute approximate surface area is 109 Å². The SMILES string of the molecule is ClCc1nnc(-c2ccc(Br)cc2Cl)s1. The lowest BCUT2D eigenvalue weighted by molar-refractivity contribution is 1.04. The minimum Gasteiger partial charge on any atom is -0.142 e. The van der Waals surface area contributed by atoms with Crippen molar-refractivity contribution in [1.29, 1.82) is 0 Å². The van der Waals surface area contributed by atoms with Crippen molar-refractivity contribution in [1.82, 2.24) is 10.2 Å². The Morgan fingerprint density at radius 3 is 2.73 bits per heavy atom. The number of alkyl halides is 1. The molecule has 0 N–H and O–H groups in total. The highest BCUT2D eigenvalue weighted by Gasteiger charge is 2.09. The molecular weight excluding hydrogens is 319 g/mol. The van der Waals surface area contributed by atoms with Gasteiger partial charge in [-0.15, -0.1) is 21.8 Å². The van der Waals surface area contributed by atoms with Crippen LogP contribution in [0.1, 0.15) is 5.01 Å². The van der Waals surface area contributed by atoms with Crippen molar-refractivity contribution in [3.05, 3.63) is 32.7 Å². The van der Waals surface area contributed by atoms with Crippen LogP contribution < -0.4 is 0 Å². The van der Waals surface area contributed by atoms with E-state index in [0.717, 1.165) is 20.1 Å². The molecule has 0 radical (unpaired) electrons. The molecule has 0 aliphatic heterocycles. The third-order valence-corrected chi connectivity index (χ3v) is 3.92. The van der Waals surface area contributed by atoms with Crippen LogP contribution in [-0.4, -0.2) is 10.2 Å². The van der Waals surface area contributed by atoms with Crippen LogP contribution in [-0.2, 0) is 5.88 Å². The third-order valence-electron chi connectivity index (χ3n) is 1.74. The largest absolute Gasteiger partial charge is 0.149 e. The van der Waals surface area contributed by atoms with E-state index in [2.05, 4.69) is 26.1 Å². The van der Waals surface area contributed by atoms with Gasteiger partial charge in [-0.05, 0) is 18.2 Å². The van der Waals surface area contributed by atoms with Gasteiger partial charge in [0.2, 0.25) is 0 Å². The molecule has 0 atom stereocenters. The van der Waals surface area contributed by atoms with Crippen LogP contribution in [0.3, 0.4) is 0 Å². The fraction of sp³-hybridized carbons (Fsp3) is 0.111. The van der Waals surface area contributed by atoms with Gasteiger partial charge in [-0.25, -0.2) is 0 Å². The van der Waals surface area contributed by atoms with E-state index in [1.807, 2.05) is 18.2 Å². The fourth-order valence-corrected chi connectivity index (χ4v) is 2.84. The Bertz CT molecular complexity index is 487. The molecule has 0 amide bonds. The maximum absolute atomic E-state index is 6.09. The lowest BCUT2D eigenvalue weighted by Crippen LogP contribution is -1.79. The molecule has 0 fully saturated rings. The summed E-state index contributed by atoms with van der Waals surface area (Å²) < 4.78 is 0.943. The molecule has 0 bridgehead atoms. The number of aromatic nitrogens is 2. The first-order valence-electron chi connectivity index (χ1n) is 4.04. The van der Waals surface area contributed by atoms with Crippen LogP contribution in [0.2, 0.25) is 5.02 Å². The molecule has 0 aliphatic rings. The summed E-state index contributed by atoms with van der Waals surface area (Å²) in [6, 6.07) is 5.66. The average molecular weight is 324 g/mol. The molecule has 1 aromatic carbocycles. The number of benzene rings is 1. The van der Waals surface area contributed by atoms with Crippen molar-refractivity contribution in [2.24, 2.45) is 0 Å². The van der Waals surface area contributed by atoms with Gasteiger partial charge in [-0.2, -0.15) is 0 Å². The van der Waals surface area contributed by atoms with E-state index in [-0.39, 0.29) is 0 Å². The van der Waals surface area contributed by atoms with Gasteiger partial charge < -0.3 is 0 Å². The van der Waals surface area contributed by atoms with E-state index in [1.165, 1.54) is 11.3 Å². The summed E-state index contributed by atoms with van der Waals surface area (Å²) in [5.74, 6) is 0.381. The predicted octanol–water partition coefficient (Wildman–Crippen LogP) is 4.36. The van der Waals surface area contributed by atoms with E-state index in [9.17, 15) is 0 Å². The van der Waals surface area contributed by atoms with E-state index in [1.54, 1.807) is 0 Å². The molecule has 2 aromatic rings. The van der Waals surface area contributed by atoms with Gasteiger partial charge in [0.25, 0.3) is 0 Å². The van der Waals surface area contributed by atoms with Gasteiger partial charge in [-0.1, -0.05) is 38.9 Å². The van der Waals surface area contributed by atoms with Crippen molar-refractivity contribution in [3.8, 4) is 10.6 Å². The highest BCUT2D eigenvalue weighted by atomic mass is 79.9. The summed E-state index contributed by atoms with van der Waals surface area (Å²) in [5.41, 5.74) is 0.883. The molecule has 2 nitrogen and oxygen atoms in total. The van der Waals surface area contributed by atoms with Gasteiger partial charge in [-0.3, -0.25) is 0 Å². The highest BCUT2D eigenvalue weighted by molar-refractivity contribution is 9.10. The van der Waals surface area contributed by atoms with Crippen LogP contribution in [0.4, 0.5) is 0 Å². The van der Waals surface area contributed by atoms with Gasteiger partial charge in [0, 0.05) is 10.0 Å². The second-order valence-electron chi connectivity index (χ2n) is 2.76. The topological polar surface area (TPSA) is 25.8 Å². The molecule has 0 spiro atoms. The Kier molecular flexibility index (Phi) is 3.61. The zero-order valence-corrected chi connectivity index (χ0v) is 11.3. The van der Waals surface area contributed by atoms with Gasteiger partial charge in [0.15, 0.2) is 0 Å². The van der Waals surface area contributed by atoms with Crippen LogP contribution in [0.15, 0.2) is 22.7 Å². The molecule has 6 heteroatoms. The number of nitrogens with zero attached hydrogens (tertiary/aromatic N) is 2. The second-order valence-corrected chi connectivity index (χ2v) is 5.41. The molecule has 0 saturated carbocycles. The predicted molar refractivity (Wildman–Crippen MR) is 67.6 cm³/mol. The molecule has 15 heavy (non-hydrogen) atoms. The number of hydrogen-bond acceptors (Lipinski definition) is 3. The third kappa shape index (κ3) is 2.50. The van der Waals surface area contributed by atoms with Crippen molar-refractivity contribution in [3.63, 3.8) is 0 Å². The quantitative estimate of drug-likeness (QED) is 0.767. The fourth-order valence-electron chi connectivity index (χ4n) is 1.08. The lowest BCUT2D eigenvalue weighted by Gasteiger charge is -1.99. The first-order valence-corrected chi connectivity index (χ1v) is 6.56. The van der Waals surface area contributed by atoms with Gasteiger partial charge in [0.1, 0.15) is 10.0 Å². The molecule has 2 rings (SSSR count). The van der Waals surface area contributed by atoms with Crippen molar-refractivity contribution in [2.75, 3.05) is 0 Å². The van der Waals surface area contributed by atoms with E-state index < -0.39 is 0 Å². The molecule has 1 aromatic heterocycles. The minimum atomic E-state index is 0.381. The highest BCUT2D eigenvalue weighted by Crippen LogP contribution is 2.32. The number of hydrogen-bond donors (Lipinski definition) is 0. The van der Waals surface area contributed by atoms with Crippen LogP contribution in [0.25, 0.3) is 10.6 Å². The summed E-state index contributed by atoms with van der Waals surface area (Å²) >= 11 is 16.6. The molecular formula is C9H5BrCl2N2S. The first-order chi connectivity index (χ1) is 7.20. The molecule has 78 valence electrons. The van der Waals surface area contributed by atoms with Crippen LogP contribution in [0, 0.1) is 0 Å². The summed E-state index contributed by atoms with van der Waals surface area (Å²) in [7, 11) is 0. The second kappa shape index (κ2) is 4.78. The van der Waals surface area contributed by atoms with Crippen molar-refractivity contribution >= 4 is 50.5 Å². The minimum absolute atomic E-state index is 0.381. The molecule has 0 saturated heterocycles. The van der Waals surface area contributed by atoms with E-state index >= 15 is 0 Å². The zero-order chi connectivity index (χ0) is 10.8. The maximum Gasteiger partial charge on any atom is 0.149 e. The van der Waals surface area contributed by atoms with Crippen LogP contribution in [0.5, 0.6) is 0 Å². The van der Waals surface area contributed by atoms with E-state index in [4.69, 9.17) is 23.2 Å². The smallest absolute Gasteiger partial charge is 0.142 e. The van der Waals surface area contributed by atoms with Crippen LogP contribution >= 0.6 is 50.5 Å². The Hall–Kier alpha value is -0.160. The molecule has 0 unspecified atom stereocenters. The Morgan fingerprint density at radius 1 is 1.33 bits per heavy atom. The standard InChI is InChI=1S/C9H5BrCl2N2S/c10-5-1-2-6(7(12)3-5)9-14-13-8(4-11)15-9/h1-3H,4H2. The average Bonchev–Trinajstić information content (AvgIpc) is 2.66. The van der Waals surface area contributed by atoms with E-state index in [0.29, 0.717) is 10.9 Å². The Balaban J connectivity index is 2.44. The monoisotopic (exact) mass is 322 g/mol. The molecule has 0 aliphatic carbocycles. The van der Waals surface area contributed by atoms with Gasteiger partial charge >= 0.3 is 0 Å². The summed E-state index contributed by atoms with van der Waals surface area (Å²) in [6.45, 7) is 0.